The van der Waals surface area contributed by atoms with Crippen LogP contribution in [0.25, 0.3) is 0 Å². The van der Waals surface area contributed by atoms with Gasteiger partial charge >= 0.3 is 0 Å². The highest BCUT2D eigenvalue weighted by Crippen LogP contribution is 2.29. The molecule has 0 aromatic heterocycles. The van der Waals surface area contributed by atoms with Gasteiger partial charge in [0.05, 0.1) is 0 Å². The lowest BCUT2D eigenvalue weighted by Gasteiger charge is -2.30. The van der Waals surface area contributed by atoms with Crippen molar-refractivity contribution in [2.24, 2.45) is 5.73 Å². The predicted octanol–water partition coefficient (Wildman–Crippen LogP) is 4.16. The third-order valence-electron chi connectivity index (χ3n) is 3.58. The first-order chi connectivity index (χ1) is 9.57. The standard InChI is InChI=1S/C17H19F2N/c1-2-11-17(20,14-8-4-3-5-9-14)12-13-7-6-10-15(18)16(13)19/h3-10H,2,11-12,20H2,1H3. The van der Waals surface area contributed by atoms with E-state index in [4.69, 9.17) is 5.73 Å². The van der Waals surface area contributed by atoms with E-state index in [2.05, 4.69) is 0 Å². The fourth-order valence-corrected chi connectivity index (χ4v) is 2.58. The van der Waals surface area contributed by atoms with Gasteiger partial charge in [-0.1, -0.05) is 55.8 Å². The second-order valence-corrected chi connectivity index (χ2v) is 5.16. The monoisotopic (exact) mass is 275 g/mol. The maximum absolute atomic E-state index is 13.9. The van der Waals surface area contributed by atoms with Gasteiger partial charge in [-0.3, -0.25) is 0 Å². The van der Waals surface area contributed by atoms with Crippen LogP contribution in [0.1, 0.15) is 30.9 Å². The Hall–Kier alpha value is -1.74. The molecule has 0 spiro atoms. The molecular weight excluding hydrogens is 256 g/mol. The quantitative estimate of drug-likeness (QED) is 0.871. The smallest absolute Gasteiger partial charge is 0.162 e. The van der Waals surface area contributed by atoms with Gasteiger partial charge in [0.15, 0.2) is 11.6 Å². The van der Waals surface area contributed by atoms with E-state index in [1.54, 1.807) is 6.07 Å². The van der Waals surface area contributed by atoms with Crippen LogP contribution in [-0.2, 0) is 12.0 Å². The fraction of sp³-hybridized carbons (Fsp3) is 0.294. The zero-order chi connectivity index (χ0) is 14.6. The molecule has 0 radical (unpaired) electrons. The lowest BCUT2D eigenvalue weighted by molar-refractivity contribution is 0.388. The van der Waals surface area contributed by atoms with Crippen molar-refractivity contribution in [3.63, 3.8) is 0 Å². The van der Waals surface area contributed by atoms with Gasteiger partial charge in [0.2, 0.25) is 0 Å². The first-order valence-electron chi connectivity index (χ1n) is 6.84. The second-order valence-electron chi connectivity index (χ2n) is 5.16. The van der Waals surface area contributed by atoms with Crippen molar-refractivity contribution in [3.05, 3.63) is 71.3 Å². The van der Waals surface area contributed by atoms with Gasteiger partial charge in [0.25, 0.3) is 0 Å². The highest BCUT2D eigenvalue weighted by Gasteiger charge is 2.28. The van der Waals surface area contributed by atoms with Gasteiger partial charge in [0.1, 0.15) is 0 Å². The van der Waals surface area contributed by atoms with Crippen molar-refractivity contribution < 1.29 is 8.78 Å². The molecule has 0 saturated heterocycles. The third kappa shape index (κ3) is 3.05. The van der Waals surface area contributed by atoms with Gasteiger partial charge in [-0.2, -0.15) is 0 Å². The average molecular weight is 275 g/mol. The first kappa shape index (κ1) is 14.7. The molecule has 0 fully saturated rings. The van der Waals surface area contributed by atoms with Crippen LogP contribution in [0.15, 0.2) is 48.5 Å². The molecule has 0 aliphatic heterocycles. The fourth-order valence-electron chi connectivity index (χ4n) is 2.58. The highest BCUT2D eigenvalue weighted by atomic mass is 19.2. The number of hydrogen-bond donors (Lipinski definition) is 1. The maximum atomic E-state index is 13.9. The van der Waals surface area contributed by atoms with Crippen LogP contribution in [0.3, 0.4) is 0 Å². The normalized spacial score (nSPS) is 14.0. The Bertz CT molecular complexity index is 568. The molecule has 1 atom stereocenters. The molecule has 0 aliphatic carbocycles. The number of halogens is 2. The minimum Gasteiger partial charge on any atom is -0.321 e. The summed E-state index contributed by atoms with van der Waals surface area (Å²) in [5.41, 5.74) is 7.09. The van der Waals surface area contributed by atoms with E-state index in [-0.39, 0.29) is 6.42 Å². The molecule has 2 rings (SSSR count). The zero-order valence-corrected chi connectivity index (χ0v) is 11.6. The van der Waals surface area contributed by atoms with Crippen molar-refractivity contribution in [3.8, 4) is 0 Å². The Morgan fingerprint density at radius 3 is 2.35 bits per heavy atom. The summed E-state index contributed by atoms with van der Waals surface area (Å²) in [4.78, 5) is 0. The molecule has 0 amide bonds. The van der Waals surface area contributed by atoms with Crippen LogP contribution in [0.4, 0.5) is 8.78 Å². The highest BCUT2D eigenvalue weighted by molar-refractivity contribution is 5.29. The van der Waals surface area contributed by atoms with E-state index in [9.17, 15) is 8.78 Å². The Labute approximate surface area is 118 Å². The number of benzene rings is 2. The summed E-state index contributed by atoms with van der Waals surface area (Å²) in [5.74, 6) is -1.62. The third-order valence-corrected chi connectivity index (χ3v) is 3.58. The van der Waals surface area contributed by atoms with E-state index in [1.807, 2.05) is 37.3 Å². The van der Waals surface area contributed by atoms with Crippen LogP contribution in [0, 0.1) is 11.6 Å². The maximum Gasteiger partial charge on any atom is 0.162 e. The summed E-state index contributed by atoms with van der Waals surface area (Å²) >= 11 is 0. The molecule has 3 heteroatoms. The molecule has 20 heavy (non-hydrogen) atoms. The number of rotatable bonds is 5. The van der Waals surface area contributed by atoms with E-state index in [0.29, 0.717) is 12.0 Å². The van der Waals surface area contributed by atoms with Gasteiger partial charge in [0, 0.05) is 5.54 Å². The summed E-state index contributed by atoms with van der Waals surface area (Å²) in [6, 6.07) is 13.9. The molecule has 0 bridgehead atoms. The molecule has 1 nitrogen and oxygen atoms in total. The van der Waals surface area contributed by atoms with Crippen LogP contribution >= 0.6 is 0 Å². The predicted molar refractivity (Wildman–Crippen MR) is 77.3 cm³/mol. The van der Waals surface area contributed by atoms with Gasteiger partial charge in [-0.15, -0.1) is 0 Å². The average Bonchev–Trinajstić information content (AvgIpc) is 2.45. The zero-order valence-electron chi connectivity index (χ0n) is 11.6. The summed E-state index contributed by atoms with van der Waals surface area (Å²) in [6.45, 7) is 2.03. The van der Waals surface area contributed by atoms with E-state index < -0.39 is 17.2 Å². The van der Waals surface area contributed by atoms with Crippen LogP contribution in [0.2, 0.25) is 0 Å². The molecule has 2 aromatic carbocycles. The summed E-state index contributed by atoms with van der Waals surface area (Å²) < 4.78 is 27.2. The lowest BCUT2D eigenvalue weighted by Crippen LogP contribution is -2.39. The van der Waals surface area contributed by atoms with Crippen molar-refractivity contribution in [2.75, 3.05) is 0 Å². The second kappa shape index (κ2) is 6.14. The molecule has 0 heterocycles. The van der Waals surface area contributed by atoms with E-state index in [0.717, 1.165) is 18.1 Å². The molecule has 0 saturated carbocycles. The molecular formula is C17H19F2N. The largest absolute Gasteiger partial charge is 0.321 e. The van der Waals surface area contributed by atoms with Crippen LogP contribution in [-0.4, -0.2) is 0 Å². The summed E-state index contributed by atoms with van der Waals surface area (Å²) in [5, 5.41) is 0. The van der Waals surface area contributed by atoms with Crippen LogP contribution in [0.5, 0.6) is 0 Å². The summed E-state index contributed by atoms with van der Waals surface area (Å²) in [6.07, 6.45) is 1.88. The number of nitrogens with two attached hydrogens (primary N) is 1. The topological polar surface area (TPSA) is 26.0 Å². The van der Waals surface area contributed by atoms with Gasteiger partial charge in [-0.05, 0) is 30.0 Å². The number of hydrogen-bond acceptors (Lipinski definition) is 1. The summed E-state index contributed by atoms with van der Waals surface area (Å²) in [7, 11) is 0. The Morgan fingerprint density at radius 2 is 1.70 bits per heavy atom. The molecule has 2 N–H and O–H groups in total. The lowest BCUT2D eigenvalue weighted by atomic mass is 9.81. The molecule has 0 aliphatic rings. The van der Waals surface area contributed by atoms with Crippen molar-refractivity contribution in [1.29, 1.82) is 0 Å². The molecule has 1 unspecified atom stereocenters. The molecule has 106 valence electrons. The van der Waals surface area contributed by atoms with Crippen molar-refractivity contribution in [2.45, 2.75) is 31.7 Å². The SMILES string of the molecule is CCCC(N)(Cc1cccc(F)c1F)c1ccccc1. The van der Waals surface area contributed by atoms with Crippen molar-refractivity contribution >= 4 is 0 Å². The first-order valence-corrected chi connectivity index (χ1v) is 6.84. The molecule has 2 aromatic rings. The Morgan fingerprint density at radius 1 is 1.00 bits per heavy atom. The Balaban J connectivity index is 2.37. The van der Waals surface area contributed by atoms with E-state index in [1.165, 1.54) is 6.07 Å². The van der Waals surface area contributed by atoms with Crippen LogP contribution < -0.4 is 5.73 Å². The minimum atomic E-state index is -0.825. The minimum absolute atomic E-state index is 0.286. The van der Waals surface area contributed by atoms with Crippen molar-refractivity contribution in [1.82, 2.24) is 0 Å². The van der Waals surface area contributed by atoms with E-state index >= 15 is 0 Å². The Kier molecular flexibility index (Phi) is 4.50. The van der Waals surface area contributed by atoms with Gasteiger partial charge < -0.3 is 5.73 Å². The van der Waals surface area contributed by atoms with Gasteiger partial charge in [-0.25, -0.2) is 8.78 Å².